The van der Waals surface area contributed by atoms with Gasteiger partial charge in [-0.3, -0.25) is 4.79 Å². The maximum Gasteiger partial charge on any atom is 0.286 e. The van der Waals surface area contributed by atoms with Crippen LogP contribution in [0.4, 0.5) is 0 Å². The number of carbonyl (C=O) groups is 1. The molecule has 2 aromatic carbocycles. The van der Waals surface area contributed by atoms with Gasteiger partial charge in [0.05, 0.1) is 29.4 Å². The lowest BCUT2D eigenvalue weighted by atomic mass is 10.0. The molecule has 7 nitrogen and oxygen atoms in total. The highest BCUT2D eigenvalue weighted by molar-refractivity contribution is 8.18. The van der Waals surface area contributed by atoms with Crippen LogP contribution < -0.4 is 4.74 Å². The summed E-state index contributed by atoms with van der Waals surface area (Å²) in [5.41, 5.74) is 4.67. The van der Waals surface area contributed by atoms with E-state index in [-0.39, 0.29) is 18.1 Å². The summed E-state index contributed by atoms with van der Waals surface area (Å²) in [6.07, 6.45) is 4.07. The third-order valence-corrected chi connectivity index (χ3v) is 7.16. The Balaban J connectivity index is 1.51. The molecule has 2 aliphatic rings. The van der Waals surface area contributed by atoms with Gasteiger partial charge in [0.2, 0.25) is 0 Å². The molecule has 1 amide bonds. The molecular formula is C28H30N4O3S. The molecule has 0 bridgehead atoms. The zero-order valence-corrected chi connectivity index (χ0v) is 21.8. The predicted molar refractivity (Wildman–Crippen MR) is 144 cm³/mol. The predicted octanol–water partition coefficient (Wildman–Crippen LogP) is 5.33. The van der Waals surface area contributed by atoms with E-state index in [1.165, 1.54) is 11.8 Å². The Bertz CT molecular complexity index is 1320. The molecule has 2 atom stereocenters. The molecule has 2 aliphatic heterocycles. The minimum absolute atomic E-state index is 0.0959. The van der Waals surface area contributed by atoms with Gasteiger partial charge in [0.15, 0.2) is 5.17 Å². The van der Waals surface area contributed by atoms with Crippen molar-refractivity contribution in [3.63, 3.8) is 0 Å². The maximum absolute atomic E-state index is 12.9. The molecule has 1 fully saturated rings. The van der Waals surface area contributed by atoms with Crippen LogP contribution in [-0.4, -0.2) is 57.7 Å². The molecule has 0 saturated carbocycles. The van der Waals surface area contributed by atoms with Crippen molar-refractivity contribution in [1.82, 2.24) is 14.7 Å². The number of rotatable bonds is 5. The SMILES string of the molecule is CCOc1ccc(-c2nn(-c3ccccc3)cc2/C=C2/SC(N3CC(C)OC(C)C3)=NC2=O)c(C)c1. The van der Waals surface area contributed by atoms with Gasteiger partial charge in [-0.05, 0) is 81.4 Å². The van der Waals surface area contributed by atoms with Crippen LogP contribution in [0.5, 0.6) is 5.75 Å². The zero-order chi connectivity index (χ0) is 25.2. The summed E-state index contributed by atoms with van der Waals surface area (Å²) in [6, 6.07) is 16.0. The zero-order valence-electron chi connectivity index (χ0n) is 21.0. The number of morpholine rings is 1. The molecule has 0 aliphatic carbocycles. The van der Waals surface area contributed by atoms with E-state index in [9.17, 15) is 4.79 Å². The highest BCUT2D eigenvalue weighted by Gasteiger charge is 2.31. The van der Waals surface area contributed by atoms with Crippen molar-refractivity contribution in [2.75, 3.05) is 19.7 Å². The normalized spacial score (nSPS) is 21.2. The van der Waals surface area contributed by atoms with Crippen LogP contribution in [0.15, 0.2) is 64.6 Å². The molecule has 0 spiro atoms. The van der Waals surface area contributed by atoms with Crippen molar-refractivity contribution in [1.29, 1.82) is 0 Å². The molecular weight excluding hydrogens is 472 g/mol. The van der Waals surface area contributed by atoms with Crippen LogP contribution in [-0.2, 0) is 9.53 Å². The number of nitrogens with zero attached hydrogens (tertiary/aromatic N) is 4. The van der Waals surface area contributed by atoms with Gasteiger partial charge >= 0.3 is 0 Å². The van der Waals surface area contributed by atoms with E-state index in [0.717, 1.165) is 52.1 Å². The first-order valence-electron chi connectivity index (χ1n) is 12.2. The van der Waals surface area contributed by atoms with E-state index in [0.29, 0.717) is 11.5 Å². The fourth-order valence-corrected chi connectivity index (χ4v) is 5.50. The van der Waals surface area contributed by atoms with Crippen LogP contribution in [0, 0.1) is 6.92 Å². The van der Waals surface area contributed by atoms with Gasteiger partial charge < -0.3 is 14.4 Å². The van der Waals surface area contributed by atoms with Crippen molar-refractivity contribution < 1.29 is 14.3 Å². The lowest BCUT2D eigenvalue weighted by Gasteiger charge is -2.35. The summed E-state index contributed by atoms with van der Waals surface area (Å²) < 4.78 is 13.4. The smallest absolute Gasteiger partial charge is 0.286 e. The highest BCUT2D eigenvalue weighted by atomic mass is 32.2. The number of thioether (sulfide) groups is 1. The van der Waals surface area contributed by atoms with Crippen LogP contribution in [0.2, 0.25) is 0 Å². The average Bonchev–Trinajstić information content (AvgIpc) is 3.43. The molecule has 5 rings (SSSR count). The van der Waals surface area contributed by atoms with Crippen LogP contribution in [0.25, 0.3) is 23.0 Å². The largest absolute Gasteiger partial charge is 0.494 e. The Labute approximate surface area is 215 Å². The van der Waals surface area contributed by atoms with Crippen molar-refractivity contribution in [3.05, 3.63) is 70.8 Å². The maximum atomic E-state index is 12.9. The number of hydrogen-bond donors (Lipinski definition) is 0. The molecule has 8 heteroatoms. The summed E-state index contributed by atoms with van der Waals surface area (Å²) in [7, 11) is 0. The summed E-state index contributed by atoms with van der Waals surface area (Å²) in [4.78, 5) is 20.0. The number of aromatic nitrogens is 2. The quantitative estimate of drug-likeness (QED) is 0.440. The van der Waals surface area contributed by atoms with Gasteiger partial charge in [-0.1, -0.05) is 18.2 Å². The van der Waals surface area contributed by atoms with Crippen molar-refractivity contribution >= 4 is 28.9 Å². The van der Waals surface area contributed by atoms with Gasteiger partial charge in [-0.25, -0.2) is 4.68 Å². The summed E-state index contributed by atoms with van der Waals surface area (Å²) >= 11 is 1.42. The average molecular weight is 503 g/mol. The molecule has 3 heterocycles. The van der Waals surface area contributed by atoms with Crippen LogP contribution in [0.3, 0.4) is 0 Å². The third kappa shape index (κ3) is 5.10. The lowest BCUT2D eigenvalue weighted by Crippen LogP contribution is -2.47. The van der Waals surface area contributed by atoms with E-state index in [4.69, 9.17) is 14.6 Å². The van der Waals surface area contributed by atoms with E-state index in [1.54, 1.807) is 0 Å². The van der Waals surface area contributed by atoms with E-state index < -0.39 is 0 Å². The van der Waals surface area contributed by atoms with Crippen molar-refractivity contribution in [3.8, 4) is 22.7 Å². The number of amides is 1. The first-order valence-corrected chi connectivity index (χ1v) is 13.0. The Hall–Kier alpha value is -3.36. The summed E-state index contributed by atoms with van der Waals surface area (Å²) in [6.45, 7) is 10.2. The van der Waals surface area contributed by atoms with Crippen molar-refractivity contribution in [2.45, 2.75) is 39.9 Å². The first kappa shape index (κ1) is 24.3. The standard InChI is InChI=1S/C28H30N4O3S/c1-5-34-23-11-12-24(18(2)13-23)26-21(17-32(30-26)22-9-7-6-8-10-22)14-25-27(33)29-28(36-25)31-15-19(3)35-20(4)16-31/h6-14,17,19-20H,5,15-16H2,1-4H3/b25-14+. The Morgan fingerprint density at radius 2 is 1.89 bits per heavy atom. The Morgan fingerprint density at radius 3 is 2.58 bits per heavy atom. The molecule has 3 aromatic rings. The van der Waals surface area contributed by atoms with E-state index >= 15 is 0 Å². The lowest BCUT2D eigenvalue weighted by molar-refractivity contribution is -0.113. The second-order valence-electron chi connectivity index (χ2n) is 9.10. The monoisotopic (exact) mass is 502 g/mol. The fraction of sp³-hybridized carbons (Fsp3) is 0.321. The van der Waals surface area contributed by atoms with Gasteiger partial charge in [0, 0.05) is 30.4 Å². The number of hydrogen-bond acceptors (Lipinski definition) is 6. The second kappa shape index (κ2) is 10.3. The molecule has 36 heavy (non-hydrogen) atoms. The summed E-state index contributed by atoms with van der Waals surface area (Å²) in [5, 5.41) is 5.67. The third-order valence-electron chi connectivity index (χ3n) is 6.11. The second-order valence-corrected chi connectivity index (χ2v) is 10.1. The number of ether oxygens (including phenoxy) is 2. The molecule has 1 saturated heterocycles. The first-order chi connectivity index (χ1) is 17.4. The summed E-state index contributed by atoms with van der Waals surface area (Å²) in [5.74, 6) is 0.610. The van der Waals surface area contributed by atoms with Crippen molar-refractivity contribution in [2.24, 2.45) is 4.99 Å². The van der Waals surface area contributed by atoms with Crippen LogP contribution in [0.1, 0.15) is 31.9 Å². The number of aryl methyl sites for hydroxylation is 1. The molecule has 0 N–H and O–H groups in total. The molecule has 1 aromatic heterocycles. The highest BCUT2D eigenvalue weighted by Crippen LogP contribution is 2.35. The van der Waals surface area contributed by atoms with Gasteiger partial charge in [0.25, 0.3) is 5.91 Å². The molecule has 186 valence electrons. The Morgan fingerprint density at radius 1 is 1.14 bits per heavy atom. The van der Waals surface area contributed by atoms with Gasteiger partial charge in [0.1, 0.15) is 11.4 Å². The number of carbonyl (C=O) groups excluding carboxylic acids is 1. The number of benzene rings is 2. The van der Waals surface area contributed by atoms with Gasteiger partial charge in [-0.15, -0.1) is 0 Å². The fourth-order valence-electron chi connectivity index (χ4n) is 4.58. The van der Waals surface area contributed by atoms with Gasteiger partial charge in [-0.2, -0.15) is 10.1 Å². The minimum Gasteiger partial charge on any atom is -0.494 e. The van der Waals surface area contributed by atoms with E-state index in [1.807, 2.05) is 93.2 Å². The topological polar surface area (TPSA) is 68.9 Å². The van der Waals surface area contributed by atoms with Crippen LogP contribution >= 0.6 is 11.8 Å². The number of amidine groups is 1. The number of aliphatic imine (C=N–C) groups is 1. The molecule has 0 radical (unpaired) electrons. The minimum atomic E-state index is -0.219. The Kier molecular flexibility index (Phi) is 6.98. The molecule has 2 unspecified atom stereocenters. The van der Waals surface area contributed by atoms with E-state index in [2.05, 4.69) is 9.89 Å². The number of para-hydroxylation sites is 1.